The molecule has 5 nitrogen and oxygen atoms in total. The number of nitrogens with zero attached hydrogens (tertiary/aromatic N) is 1. The van der Waals surface area contributed by atoms with Gasteiger partial charge in [-0.25, -0.2) is 9.78 Å². The molecular formula is C15H22N2O3. The van der Waals surface area contributed by atoms with Gasteiger partial charge in [0.15, 0.2) is 0 Å². The molecule has 0 bridgehead atoms. The smallest absolute Gasteiger partial charge is 0.341 e. The lowest BCUT2D eigenvalue weighted by molar-refractivity contribution is 0.0601. The highest BCUT2D eigenvalue weighted by Crippen LogP contribution is 2.30. The fourth-order valence-electron chi connectivity index (χ4n) is 2.84. The third-order valence-electron chi connectivity index (χ3n) is 4.05. The van der Waals surface area contributed by atoms with E-state index in [0.29, 0.717) is 23.2 Å². The zero-order valence-corrected chi connectivity index (χ0v) is 11.8. The van der Waals surface area contributed by atoms with Crippen molar-refractivity contribution in [1.29, 1.82) is 0 Å². The standard InChI is InChI=1S/C15H22N2O3/c1-20-15(19)13-7-4-8-16-14(13)17-9-11-5-2-3-6-12(11)10-18/h4,7-8,11-12,18H,2-3,5-6,9-10H2,1H3,(H,16,17). The number of aliphatic hydroxyl groups is 1. The fraction of sp³-hybridized carbons (Fsp3) is 0.600. The minimum atomic E-state index is -0.386. The van der Waals surface area contributed by atoms with E-state index in [0.717, 1.165) is 19.4 Å². The van der Waals surface area contributed by atoms with Crippen LogP contribution in [0.1, 0.15) is 36.0 Å². The molecule has 2 unspecified atom stereocenters. The Kier molecular flexibility index (Phi) is 5.35. The Morgan fingerprint density at radius 1 is 1.45 bits per heavy atom. The Morgan fingerprint density at radius 3 is 2.90 bits per heavy atom. The van der Waals surface area contributed by atoms with E-state index in [-0.39, 0.29) is 12.6 Å². The van der Waals surface area contributed by atoms with Crippen molar-refractivity contribution in [3.8, 4) is 0 Å². The summed E-state index contributed by atoms with van der Waals surface area (Å²) in [6.07, 6.45) is 6.24. The molecule has 2 rings (SSSR count). The molecule has 0 spiro atoms. The minimum absolute atomic E-state index is 0.235. The van der Waals surface area contributed by atoms with Gasteiger partial charge in [0.05, 0.1) is 7.11 Å². The Hall–Kier alpha value is -1.62. The average molecular weight is 278 g/mol. The van der Waals surface area contributed by atoms with E-state index in [2.05, 4.69) is 10.3 Å². The van der Waals surface area contributed by atoms with E-state index in [9.17, 15) is 9.90 Å². The Morgan fingerprint density at radius 2 is 2.20 bits per heavy atom. The summed E-state index contributed by atoms with van der Waals surface area (Å²) in [6, 6.07) is 3.42. The van der Waals surface area contributed by atoms with Crippen molar-refractivity contribution in [1.82, 2.24) is 4.98 Å². The van der Waals surface area contributed by atoms with Gasteiger partial charge >= 0.3 is 5.97 Å². The molecule has 5 heteroatoms. The molecule has 1 aromatic rings. The SMILES string of the molecule is COC(=O)c1cccnc1NCC1CCCCC1CO. The molecule has 110 valence electrons. The van der Waals surface area contributed by atoms with Crippen LogP contribution in [0.25, 0.3) is 0 Å². The van der Waals surface area contributed by atoms with Crippen LogP contribution in [-0.2, 0) is 4.74 Å². The molecule has 1 saturated carbocycles. The van der Waals surface area contributed by atoms with Gasteiger partial charge in [-0.15, -0.1) is 0 Å². The summed E-state index contributed by atoms with van der Waals surface area (Å²) in [6.45, 7) is 0.963. The molecule has 1 heterocycles. The number of nitrogens with one attached hydrogen (secondary N) is 1. The van der Waals surface area contributed by atoms with Crippen molar-refractivity contribution in [2.24, 2.45) is 11.8 Å². The fourth-order valence-corrected chi connectivity index (χ4v) is 2.84. The quantitative estimate of drug-likeness (QED) is 0.807. The van der Waals surface area contributed by atoms with Crippen LogP contribution in [0.3, 0.4) is 0 Å². The second kappa shape index (κ2) is 7.24. The van der Waals surface area contributed by atoms with Gasteiger partial charge < -0.3 is 15.2 Å². The number of hydrogen-bond donors (Lipinski definition) is 2. The predicted octanol–water partition coefficient (Wildman–Crippen LogP) is 2.08. The highest BCUT2D eigenvalue weighted by atomic mass is 16.5. The highest BCUT2D eigenvalue weighted by molar-refractivity contribution is 5.94. The van der Waals surface area contributed by atoms with Crippen molar-refractivity contribution in [3.63, 3.8) is 0 Å². The Bertz CT molecular complexity index is 450. The molecule has 0 amide bonds. The first-order valence-corrected chi connectivity index (χ1v) is 7.14. The van der Waals surface area contributed by atoms with Crippen LogP contribution in [0.5, 0.6) is 0 Å². The zero-order chi connectivity index (χ0) is 14.4. The van der Waals surface area contributed by atoms with Gasteiger partial charge in [0, 0.05) is 19.3 Å². The van der Waals surface area contributed by atoms with Crippen LogP contribution in [0.2, 0.25) is 0 Å². The van der Waals surface area contributed by atoms with E-state index in [1.807, 2.05) is 0 Å². The molecule has 1 aromatic heterocycles. The maximum absolute atomic E-state index is 11.7. The molecule has 0 aromatic carbocycles. The minimum Gasteiger partial charge on any atom is -0.465 e. The number of carbonyl (C=O) groups is 1. The number of methoxy groups -OCH3 is 1. The molecule has 1 aliphatic carbocycles. The molecule has 20 heavy (non-hydrogen) atoms. The number of carbonyl (C=O) groups excluding carboxylic acids is 1. The summed E-state index contributed by atoms with van der Waals surface area (Å²) >= 11 is 0. The van der Waals surface area contributed by atoms with Crippen LogP contribution in [0.4, 0.5) is 5.82 Å². The summed E-state index contributed by atoms with van der Waals surface area (Å²) in [5.74, 6) is 0.951. The first-order chi connectivity index (χ1) is 9.76. The lowest BCUT2D eigenvalue weighted by Gasteiger charge is -2.30. The molecule has 1 fully saturated rings. The van der Waals surface area contributed by atoms with Crippen LogP contribution in [0.15, 0.2) is 18.3 Å². The molecular weight excluding hydrogens is 256 g/mol. The van der Waals surface area contributed by atoms with Crippen LogP contribution >= 0.6 is 0 Å². The normalized spacial score (nSPS) is 22.3. The third-order valence-corrected chi connectivity index (χ3v) is 4.05. The number of hydrogen-bond acceptors (Lipinski definition) is 5. The van der Waals surface area contributed by atoms with E-state index in [1.165, 1.54) is 20.0 Å². The lowest BCUT2D eigenvalue weighted by atomic mass is 9.79. The summed E-state index contributed by atoms with van der Waals surface area (Å²) in [5.41, 5.74) is 0.450. The topological polar surface area (TPSA) is 71.5 Å². The molecule has 2 N–H and O–H groups in total. The highest BCUT2D eigenvalue weighted by Gasteiger charge is 2.24. The van der Waals surface area contributed by atoms with Crippen molar-refractivity contribution < 1.29 is 14.6 Å². The number of anilines is 1. The summed E-state index contributed by atoms with van der Waals surface area (Å²) in [7, 11) is 1.36. The van der Waals surface area contributed by atoms with Gasteiger partial charge in [-0.1, -0.05) is 12.8 Å². The largest absolute Gasteiger partial charge is 0.465 e. The molecule has 0 aliphatic heterocycles. The van der Waals surface area contributed by atoms with Crippen molar-refractivity contribution in [2.45, 2.75) is 25.7 Å². The second-order valence-electron chi connectivity index (χ2n) is 5.26. The van der Waals surface area contributed by atoms with E-state index in [1.54, 1.807) is 18.3 Å². The van der Waals surface area contributed by atoms with Gasteiger partial charge in [0.2, 0.25) is 0 Å². The summed E-state index contributed by atoms with van der Waals surface area (Å²) < 4.78 is 4.75. The van der Waals surface area contributed by atoms with E-state index in [4.69, 9.17) is 4.74 Å². The molecule has 0 saturated heterocycles. The van der Waals surface area contributed by atoms with E-state index >= 15 is 0 Å². The number of aliphatic hydroxyl groups excluding tert-OH is 1. The van der Waals surface area contributed by atoms with Crippen LogP contribution in [-0.4, -0.2) is 36.3 Å². The van der Waals surface area contributed by atoms with Gasteiger partial charge in [-0.05, 0) is 36.8 Å². The third kappa shape index (κ3) is 3.48. The molecule has 2 atom stereocenters. The first kappa shape index (κ1) is 14.8. The second-order valence-corrected chi connectivity index (χ2v) is 5.26. The Balaban J connectivity index is 2.01. The maximum Gasteiger partial charge on any atom is 0.341 e. The van der Waals surface area contributed by atoms with Crippen molar-refractivity contribution in [2.75, 3.05) is 25.6 Å². The monoisotopic (exact) mass is 278 g/mol. The summed E-state index contributed by atoms with van der Waals surface area (Å²) in [5, 5.41) is 12.7. The number of rotatable bonds is 5. The zero-order valence-electron chi connectivity index (χ0n) is 11.8. The Labute approximate surface area is 119 Å². The van der Waals surface area contributed by atoms with Crippen molar-refractivity contribution >= 4 is 11.8 Å². The number of pyridine rings is 1. The lowest BCUT2D eigenvalue weighted by Crippen LogP contribution is -2.29. The van der Waals surface area contributed by atoms with Gasteiger partial charge in [-0.3, -0.25) is 0 Å². The number of esters is 1. The predicted molar refractivity (Wildman–Crippen MR) is 76.6 cm³/mol. The first-order valence-electron chi connectivity index (χ1n) is 7.14. The van der Waals surface area contributed by atoms with Crippen LogP contribution < -0.4 is 5.32 Å². The van der Waals surface area contributed by atoms with Crippen LogP contribution in [0, 0.1) is 11.8 Å². The van der Waals surface area contributed by atoms with Crippen molar-refractivity contribution in [3.05, 3.63) is 23.9 Å². The van der Waals surface area contributed by atoms with Gasteiger partial charge in [0.25, 0.3) is 0 Å². The number of aromatic nitrogens is 1. The number of ether oxygens (including phenoxy) is 1. The van der Waals surface area contributed by atoms with Gasteiger partial charge in [-0.2, -0.15) is 0 Å². The molecule has 0 radical (unpaired) electrons. The average Bonchev–Trinajstić information content (AvgIpc) is 2.52. The molecule has 1 aliphatic rings. The van der Waals surface area contributed by atoms with E-state index < -0.39 is 0 Å². The maximum atomic E-state index is 11.7. The van der Waals surface area contributed by atoms with Gasteiger partial charge in [0.1, 0.15) is 11.4 Å². The summed E-state index contributed by atoms with van der Waals surface area (Å²) in [4.78, 5) is 15.9.